The summed E-state index contributed by atoms with van der Waals surface area (Å²) >= 11 is 0. The molecule has 1 unspecified atom stereocenters. The normalized spacial score (nSPS) is 19.4. The van der Waals surface area contributed by atoms with Crippen LogP contribution in [0, 0.1) is 6.92 Å². The van der Waals surface area contributed by atoms with E-state index >= 15 is 0 Å². The summed E-state index contributed by atoms with van der Waals surface area (Å²) in [5.74, 6) is 1.22. The molecular weight excluding hydrogens is 330 g/mol. The molecule has 0 aliphatic carbocycles. The van der Waals surface area contributed by atoms with Crippen molar-refractivity contribution in [2.75, 3.05) is 13.7 Å². The Balaban J connectivity index is 2.05. The van der Waals surface area contributed by atoms with Crippen LogP contribution in [0.4, 0.5) is 0 Å². The van der Waals surface area contributed by atoms with E-state index in [9.17, 15) is 8.42 Å². The number of hydrogen-bond donors (Lipinski definition) is 0. The van der Waals surface area contributed by atoms with E-state index in [0.717, 1.165) is 19.3 Å². The van der Waals surface area contributed by atoms with Gasteiger partial charge >= 0.3 is 0 Å². The molecule has 1 aliphatic rings. The first-order valence-corrected chi connectivity index (χ1v) is 9.38. The van der Waals surface area contributed by atoms with Gasteiger partial charge in [-0.1, -0.05) is 11.6 Å². The number of aryl methyl sites for hydroxylation is 1. The van der Waals surface area contributed by atoms with Gasteiger partial charge in [0, 0.05) is 19.5 Å². The molecule has 1 aromatic carbocycles. The molecule has 0 amide bonds. The van der Waals surface area contributed by atoms with Crippen LogP contribution in [0.3, 0.4) is 0 Å². The number of benzene rings is 1. The number of hydrogen-bond acceptors (Lipinski definition) is 6. The van der Waals surface area contributed by atoms with Crippen molar-refractivity contribution in [3.8, 4) is 17.1 Å². The predicted molar refractivity (Wildman–Crippen MR) is 88.2 cm³/mol. The van der Waals surface area contributed by atoms with E-state index in [-0.39, 0.29) is 10.9 Å². The third-order valence-electron chi connectivity index (χ3n) is 4.29. The quantitative estimate of drug-likeness (QED) is 0.842. The van der Waals surface area contributed by atoms with E-state index in [1.165, 1.54) is 7.11 Å². The Hall–Kier alpha value is -1.93. The lowest BCUT2D eigenvalue weighted by molar-refractivity contribution is 0.268. The summed E-state index contributed by atoms with van der Waals surface area (Å²) < 4.78 is 37.9. The molecule has 8 heteroatoms. The predicted octanol–water partition coefficient (Wildman–Crippen LogP) is 2.62. The second-order valence-corrected chi connectivity index (χ2v) is 7.85. The molecule has 0 radical (unpaired) electrons. The maximum Gasteiger partial charge on any atom is 0.243 e. The van der Waals surface area contributed by atoms with Gasteiger partial charge in [0.15, 0.2) is 0 Å². The number of nitrogens with zero attached hydrogens (tertiary/aromatic N) is 3. The standard InChI is InChI=1S/C16H21N3O4S/c1-11-6-4-5-9-19(11)24(20,21)13-7-8-15(22-3)14(10-13)16-17-12(2)23-18-16/h7-8,10-11H,4-6,9H2,1-3H3. The first-order valence-electron chi connectivity index (χ1n) is 7.94. The first kappa shape index (κ1) is 16.9. The second kappa shape index (κ2) is 6.52. The monoisotopic (exact) mass is 351 g/mol. The minimum absolute atomic E-state index is 0.00159. The maximum absolute atomic E-state index is 13.0. The number of sulfonamides is 1. The van der Waals surface area contributed by atoms with Gasteiger partial charge in [0.2, 0.25) is 21.7 Å². The number of methoxy groups -OCH3 is 1. The van der Waals surface area contributed by atoms with Crippen LogP contribution < -0.4 is 4.74 Å². The lowest BCUT2D eigenvalue weighted by Crippen LogP contribution is -2.41. The van der Waals surface area contributed by atoms with Crippen LogP contribution in [0.15, 0.2) is 27.6 Å². The Kier molecular flexibility index (Phi) is 4.60. The zero-order valence-electron chi connectivity index (χ0n) is 14.0. The van der Waals surface area contributed by atoms with Gasteiger partial charge in [-0.05, 0) is 38.0 Å². The van der Waals surface area contributed by atoms with Crippen LogP contribution in [-0.4, -0.2) is 42.6 Å². The van der Waals surface area contributed by atoms with Crippen molar-refractivity contribution < 1.29 is 17.7 Å². The molecule has 3 rings (SSSR count). The smallest absolute Gasteiger partial charge is 0.243 e. The van der Waals surface area contributed by atoms with Crippen molar-refractivity contribution in [3.05, 3.63) is 24.1 Å². The summed E-state index contributed by atoms with van der Waals surface area (Å²) in [7, 11) is -2.05. The van der Waals surface area contributed by atoms with Crippen LogP contribution >= 0.6 is 0 Å². The number of piperidine rings is 1. The van der Waals surface area contributed by atoms with Gasteiger partial charge in [-0.3, -0.25) is 0 Å². The van der Waals surface area contributed by atoms with Crippen molar-refractivity contribution >= 4 is 10.0 Å². The zero-order chi connectivity index (χ0) is 17.3. The van der Waals surface area contributed by atoms with Gasteiger partial charge in [0.25, 0.3) is 0 Å². The fourth-order valence-electron chi connectivity index (χ4n) is 3.00. The largest absolute Gasteiger partial charge is 0.496 e. The van der Waals surface area contributed by atoms with E-state index < -0.39 is 10.0 Å². The summed E-state index contributed by atoms with van der Waals surface area (Å²) in [6.07, 6.45) is 2.83. The third kappa shape index (κ3) is 3.03. The van der Waals surface area contributed by atoms with Gasteiger partial charge in [-0.25, -0.2) is 8.42 Å². The Morgan fingerprint density at radius 1 is 1.33 bits per heavy atom. The molecule has 2 aromatic rings. The molecule has 1 saturated heterocycles. The van der Waals surface area contributed by atoms with Crippen molar-refractivity contribution in [3.63, 3.8) is 0 Å². The van der Waals surface area contributed by atoms with Gasteiger partial charge in [-0.15, -0.1) is 0 Å². The highest BCUT2D eigenvalue weighted by Gasteiger charge is 2.31. The number of ether oxygens (including phenoxy) is 1. The lowest BCUT2D eigenvalue weighted by Gasteiger charge is -2.32. The molecule has 130 valence electrons. The molecular formula is C16H21N3O4S. The summed E-state index contributed by atoms with van der Waals surface area (Å²) in [5.41, 5.74) is 0.500. The molecule has 1 aliphatic heterocycles. The Morgan fingerprint density at radius 3 is 2.75 bits per heavy atom. The average Bonchev–Trinajstić information content (AvgIpc) is 3.00. The van der Waals surface area contributed by atoms with Crippen LogP contribution in [-0.2, 0) is 10.0 Å². The highest BCUT2D eigenvalue weighted by atomic mass is 32.2. The van der Waals surface area contributed by atoms with Crippen LogP contribution in [0.5, 0.6) is 5.75 Å². The number of aromatic nitrogens is 2. The first-order chi connectivity index (χ1) is 11.4. The minimum Gasteiger partial charge on any atom is -0.496 e. The van der Waals surface area contributed by atoms with Crippen molar-refractivity contribution in [2.45, 2.75) is 44.0 Å². The van der Waals surface area contributed by atoms with E-state index in [0.29, 0.717) is 29.6 Å². The molecule has 24 heavy (non-hydrogen) atoms. The molecule has 2 heterocycles. The van der Waals surface area contributed by atoms with Gasteiger partial charge in [0.1, 0.15) is 5.75 Å². The van der Waals surface area contributed by atoms with Crippen LogP contribution in [0.1, 0.15) is 32.1 Å². The molecule has 1 aromatic heterocycles. The van der Waals surface area contributed by atoms with Crippen molar-refractivity contribution in [1.29, 1.82) is 0 Å². The average molecular weight is 351 g/mol. The molecule has 1 fully saturated rings. The molecule has 1 atom stereocenters. The fourth-order valence-corrected chi connectivity index (χ4v) is 4.72. The van der Waals surface area contributed by atoms with Crippen LogP contribution in [0.25, 0.3) is 11.4 Å². The summed E-state index contributed by atoms with van der Waals surface area (Å²) in [6, 6.07) is 4.75. The Labute approximate surface area is 141 Å². The molecule has 0 saturated carbocycles. The summed E-state index contributed by atoms with van der Waals surface area (Å²) in [5, 5.41) is 3.87. The van der Waals surface area contributed by atoms with Gasteiger partial charge < -0.3 is 9.26 Å². The topological polar surface area (TPSA) is 85.5 Å². The SMILES string of the molecule is COc1ccc(S(=O)(=O)N2CCCCC2C)cc1-c1noc(C)n1. The van der Waals surface area contributed by atoms with E-state index in [1.807, 2.05) is 6.92 Å². The highest BCUT2D eigenvalue weighted by Crippen LogP contribution is 2.33. The zero-order valence-corrected chi connectivity index (χ0v) is 14.8. The van der Waals surface area contributed by atoms with E-state index in [4.69, 9.17) is 9.26 Å². The van der Waals surface area contributed by atoms with E-state index in [2.05, 4.69) is 10.1 Å². The van der Waals surface area contributed by atoms with Gasteiger partial charge in [-0.2, -0.15) is 9.29 Å². The molecule has 0 bridgehead atoms. The van der Waals surface area contributed by atoms with Crippen LogP contribution in [0.2, 0.25) is 0 Å². The maximum atomic E-state index is 13.0. The lowest BCUT2D eigenvalue weighted by atomic mass is 10.1. The molecule has 0 spiro atoms. The second-order valence-electron chi connectivity index (χ2n) is 5.96. The number of rotatable bonds is 4. The Bertz CT molecular complexity index is 832. The molecule has 7 nitrogen and oxygen atoms in total. The summed E-state index contributed by atoms with van der Waals surface area (Å²) in [6.45, 7) is 4.18. The molecule has 0 N–H and O–H groups in total. The van der Waals surface area contributed by atoms with Crippen molar-refractivity contribution in [2.24, 2.45) is 0 Å². The minimum atomic E-state index is -3.57. The fraction of sp³-hybridized carbons (Fsp3) is 0.500. The summed E-state index contributed by atoms with van der Waals surface area (Å²) in [4.78, 5) is 4.39. The third-order valence-corrected chi connectivity index (χ3v) is 6.30. The van der Waals surface area contributed by atoms with Crippen molar-refractivity contribution in [1.82, 2.24) is 14.4 Å². The highest BCUT2D eigenvalue weighted by molar-refractivity contribution is 7.89. The Morgan fingerprint density at radius 2 is 2.12 bits per heavy atom. The van der Waals surface area contributed by atoms with Gasteiger partial charge in [0.05, 0.1) is 17.6 Å². The van der Waals surface area contributed by atoms with E-state index in [1.54, 1.807) is 29.4 Å².